The first-order valence-electron chi connectivity index (χ1n) is 11.5. The van der Waals surface area contributed by atoms with Crippen molar-refractivity contribution in [1.29, 1.82) is 0 Å². The summed E-state index contributed by atoms with van der Waals surface area (Å²) in [5.41, 5.74) is 0.971. The lowest BCUT2D eigenvalue weighted by atomic mass is 10.0. The number of aromatic nitrogens is 1. The first-order valence-corrected chi connectivity index (χ1v) is 12.3. The monoisotopic (exact) mass is 480 g/mol. The van der Waals surface area contributed by atoms with E-state index in [-0.39, 0.29) is 11.5 Å². The summed E-state index contributed by atoms with van der Waals surface area (Å²) in [7, 11) is 0. The molecule has 0 aliphatic carbocycles. The maximum atomic E-state index is 13.2. The first-order chi connectivity index (χ1) is 16.3. The van der Waals surface area contributed by atoms with Gasteiger partial charge in [-0.1, -0.05) is 48.1 Å². The molecule has 1 aromatic heterocycles. The Hall–Kier alpha value is -3.10. The van der Waals surface area contributed by atoms with Crippen molar-refractivity contribution < 1.29 is 14.0 Å². The van der Waals surface area contributed by atoms with Crippen LogP contribution in [-0.2, 0) is 11.3 Å². The van der Waals surface area contributed by atoms with Crippen molar-refractivity contribution in [3.63, 3.8) is 0 Å². The van der Waals surface area contributed by atoms with E-state index in [1.54, 1.807) is 13.8 Å². The average molecular weight is 481 g/mol. The van der Waals surface area contributed by atoms with E-state index in [1.165, 1.54) is 54.9 Å². The maximum absolute atomic E-state index is 13.2. The second kappa shape index (κ2) is 10.4. The largest absolute Gasteiger partial charge is 0.338 e. The Balaban J connectivity index is 1.50. The van der Waals surface area contributed by atoms with Crippen LogP contribution in [0.2, 0.25) is 0 Å². The van der Waals surface area contributed by atoms with E-state index >= 15 is 0 Å². The predicted molar refractivity (Wildman–Crippen MR) is 133 cm³/mol. The number of nitrogens with one attached hydrogen (secondary N) is 2. The third kappa shape index (κ3) is 5.87. The van der Waals surface area contributed by atoms with E-state index in [2.05, 4.69) is 15.5 Å². The average Bonchev–Trinajstić information content (AvgIpc) is 3.22. The molecule has 1 saturated heterocycles. The number of halogens is 1. The summed E-state index contributed by atoms with van der Waals surface area (Å²) in [6.45, 7) is 6.18. The van der Waals surface area contributed by atoms with Gasteiger partial charge in [-0.2, -0.15) is 0 Å². The highest BCUT2D eigenvalue weighted by molar-refractivity contribution is 7.16. The van der Waals surface area contributed by atoms with E-state index in [0.717, 1.165) is 35.8 Å². The Bertz CT molecular complexity index is 1140. The Morgan fingerprint density at radius 2 is 1.71 bits per heavy atom. The van der Waals surface area contributed by atoms with Crippen LogP contribution in [0.3, 0.4) is 0 Å². The van der Waals surface area contributed by atoms with Crippen molar-refractivity contribution in [1.82, 2.24) is 15.2 Å². The predicted octanol–water partition coefficient (Wildman–Crippen LogP) is 5.08. The van der Waals surface area contributed by atoms with Crippen LogP contribution in [0.5, 0.6) is 0 Å². The Morgan fingerprint density at radius 1 is 1.03 bits per heavy atom. The van der Waals surface area contributed by atoms with Crippen molar-refractivity contribution in [2.45, 2.75) is 45.2 Å². The fourth-order valence-electron chi connectivity index (χ4n) is 3.92. The molecule has 0 radical (unpaired) electrons. The van der Waals surface area contributed by atoms with E-state index < -0.39 is 17.3 Å². The molecule has 8 heteroatoms. The van der Waals surface area contributed by atoms with Crippen molar-refractivity contribution in [2.24, 2.45) is 0 Å². The molecule has 2 amide bonds. The van der Waals surface area contributed by atoms with Crippen LogP contribution in [0.4, 0.5) is 9.52 Å². The molecule has 0 atom stereocenters. The minimum absolute atomic E-state index is 0.284. The molecule has 6 nitrogen and oxygen atoms in total. The van der Waals surface area contributed by atoms with Gasteiger partial charge in [-0.25, -0.2) is 9.37 Å². The lowest BCUT2D eigenvalue weighted by Crippen LogP contribution is -2.52. The highest BCUT2D eigenvalue weighted by Gasteiger charge is 2.31. The van der Waals surface area contributed by atoms with Gasteiger partial charge in [0, 0.05) is 22.5 Å². The number of rotatable bonds is 7. The normalized spacial score (nSPS) is 14.6. The van der Waals surface area contributed by atoms with Gasteiger partial charge < -0.3 is 5.32 Å². The summed E-state index contributed by atoms with van der Waals surface area (Å²) in [4.78, 5) is 33.9. The smallest absolute Gasteiger partial charge is 0.252 e. The quantitative estimate of drug-likeness (QED) is 0.494. The molecule has 34 heavy (non-hydrogen) atoms. The first kappa shape index (κ1) is 24.0. The summed E-state index contributed by atoms with van der Waals surface area (Å²) in [5.74, 6) is -1.25. The molecule has 3 aromatic rings. The molecule has 0 saturated carbocycles. The summed E-state index contributed by atoms with van der Waals surface area (Å²) in [5, 5.41) is 6.12. The number of piperidine rings is 1. The van der Waals surface area contributed by atoms with Gasteiger partial charge in [-0.05, 0) is 64.0 Å². The molecule has 2 N–H and O–H groups in total. The lowest BCUT2D eigenvalue weighted by molar-refractivity contribution is -0.120. The van der Waals surface area contributed by atoms with E-state index in [0.29, 0.717) is 5.13 Å². The molecule has 1 aliphatic heterocycles. The van der Waals surface area contributed by atoms with Gasteiger partial charge in [0.1, 0.15) is 11.4 Å². The van der Waals surface area contributed by atoms with E-state index in [1.807, 2.05) is 30.3 Å². The van der Waals surface area contributed by atoms with Crippen LogP contribution in [0.25, 0.3) is 11.3 Å². The second-order valence-electron chi connectivity index (χ2n) is 9.03. The van der Waals surface area contributed by atoms with Crippen LogP contribution in [0.15, 0.2) is 54.6 Å². The maximum Gasteiger partial charge on any atom is 0.252 e. The van der Waals surface area contributed by atoms with Gasteiger partial charge in [-0.3, -0.25) is 19.8 Å². The van der Waals surface area contributed by atoms with E-state index in [4.69, 9.17) is 4.98 Å². The number of hydrogen-bond acceptors (Lipinski definition) is 5. The third-order valence-electron chi connectivity index (χ3n) is 5.88. The van der Waals surface area contributed by atoms with Crippen LogP contribution >= 0.6 is 11.3 Å². The van der Waals surface area contributed by atoms with Gasteiger partial charge in [0.15, 0.2) is 5.13 Å². The number of nitrogens with zero attached hydrogens (tertiary/aromatic N) is 2. The molecular formula is C26H29FN4O2S. The van der Waals surface area contributed by atoms with Gasteiger partial charge in [0.25, 0.3) is 11.8 Å². The molecule has 4 rings (SSSR count). The SMILES string of the molecule is CC(C)(NC(=O)c1ccc(F)cc1)C(=O)Nc1nc(-c2ccccc2)c(CN2CCCCC2)s1. The van der Waals surface area contributed by atoms with E-state index in [9.17, 15) is 14.0 Å². The van der Waals surface area contributed by atoms with Gasteiger partial charge in [-0.15, -0.1) is 0 Å². The summed E-state index contributed by atoms with van der Waals surface area (Å²) < 4.78 is 13.2. The Labute approximate surface area is 203 Å². The number of likely N-dealkylation sites (tertiary alicyclic amines) is 1. The highest BCUT2D eigenvalue weighted by Crippen LogP contribution is 2.33. The molecule has 178 valence electrons. The minimum Gasteiger partial charge on any atom is -0.338 e. The zero-order valence-corrected chi connectivity index (χ0v) is 20.3. The standard InChI is InChI=1S/C26H29FN4O2S/c1-26(2,30-23(32)19-11-13-20(27)14-12-19)24(33)29-25-28-22(18-9-5-3-6-10-18)21(34-25)17-31-15-7-4-8-16-31/h3,5-6,9-14H,4,7-8,15-17H2,1-2H3,(H,30,32)(H,28,29,33). The molecular weight excluding hydrogens is 451 g/mol. The van der Waals surface area contributed by atoms with Gasteiger partial charge in [0.2, 0.25) is 0 Å². The van der Waals surface area contributed by atoms with Gasteiger partial charge in [0.05, 0.1) is 5.69 Å². The van der Waals surface area contributed by atoms with Crippen molar-refractivity contribution in [3.8, 4) is 11.3 Å². The molecule has 0 unspecified atom stereocenters. The Morgan fingerprint density at radius 3 is 2.38 bits per heavy atom. The van der Waals surface area contributed by atoms with Crippen molar-refractivity contribution >= 4 is 28.3 Å². The molecule has 0 spiro atoms. The second-order valence-corrected chi connectivity index (χ2v) is 10.1. The number of carbonyl (C=O) groups excluding carboxylic acids is 2. The number of anilines is 1. The minimum atomic E-state index is -1.20. The zero-order valence-electron chi connectivity index (χ0n) is 19.4. The number of thiazole rings is 1. The summed E-state index contributed by atoms with van der Waals surface area (Å²) in [6, 6.07) is 15.2. The Kier molecular flexibility index (Phi) is 7.38. The summed E-state index contributed by atoms with van der Waals surface area (Å²) in [6.07, 6.45) is 3.67. The van der Waals surface area contributed by atoms with Crippen LogP contribution < -0.4 is 10.6 Å². The number of benzene rings is 2. The third-order valence-corrected chi connectivity index (χ3v) is 6.84. The van der Waals surface area contributed by atoms with Crippen molar-refractivity contribution in [2.75, 3.05) is 18.4 Å². The topological polar surface area (TPSA) is 74.3 Å². The fraction of sp³-hybridized carbons (Fsp3) is 0.346. The number of amides is 2. The molecule has 0 bridgehead atoms. The molecule has 1 aliphatic rings. The fourth-order valence-corrected chi connectivity index (χ4v) is 4.94. The molecule has 2 heterocycles. The highest BCUT2D eigenvalue weighted by atomic mass is 32.1. The summed E-state index contributed by atoms with van der Waals surface area (Å²) >= 11 is 1.47. The molecule has 2 aromatic carbocycles. The zero-order chi connectivity index (χ0) is 24.1. The number of carbonyl (C=O) groups is 2. The number of hydrogen-bond donors (Lipinski definition) is 2. The van der Waals surface area contributed by atoms with Crippen LogP contribution in [0.1, 0.15) is 48.3 Å². The van der Waals surface area contributed by atoms with Gasteiger partial charge >= 0.3 is 0 Å². The van der Waals surface area contributed by atoms with Crippen LogP contribution in [0, 0.1) is 5.82 Å². The molecule has 1 fully saturated rings. The van der Waals surface area contributed by atoms with Crippen LogP contribution in [-0.4, -0.2) is 40.3 Å². The van der Waals surface area contributed by atoms with Crippen molar-refractivity contribution in [3.05, 3.63) is 70.9 Å². The lowest BCUT2D eigenvalue weighted by Gasteiger charge is -2.26.